The summed E-state index contributed by atoms with van der Waals surface area (Å²) in [5.41, 5.74) is 2.83. The predicted molar refractivity (Wildman–Crippen MR) is 80.4 cm³/mol. The Hall–Kier alpha value is -1.17. The smallest absolute Gasteiger partial charge is 0.131 e. The first-order valence-corrected chi connectivity index (χ1v) is 7.41. The maximum atomic E-state index is 14.4. The summed E-state index contributed by atoms with van der Waals surface area (Å²) in [6.07, 6.45) is 3.85. The molecule has 1 atom stereocenters. The van der Waals surface area contributed by atoms with Crippen molar-refractivity contribution in [2.75, 3.05) is 14.2 Å². The van der Waals surface area contributed by atoms with Crippen LogP contribution in [-0.2, 0) is 4.74 Å². The molecule has 21 heavy (non-hydrogen) atoms. The lowest BCUT2D eigenvalue weighted by atomic mass is 9.73. The molecule has 3 N–H and O–H groups in total. The topological polar surface area (TPSA) is 56.5 Å². The van der Waals surface area contributed by atoms with E-state index in [1.165, 1.54) is 13.2 Å². The molecular formula is C16H25FN2O2. The van der Waals surface area contributed by atoms with Gasteiger partial charge in [0.1, 0.15) is 11.6 Å². The maximum Gasteiger partial charge on any atom is 0.131 e. The summed E-state index contributed by atoms with van der Waals surface area (Å²) >= 11 is 0. The molecule has 1 aliphatic carbocycles. The molecule has 0 amide bonds. The number of nitrogens with two attached hydrogens (primary N) is 1. The van der Waals surface area contributed by atoms with Crippen molar-refractivity contribution in [1.29, 1.82) is 0 Å². The van der Waals surface area contributed by atoms with Crippen LogP contribution in [0.15, 0.2) is 18.2 Å². The molecule has 0 bridgehead atoms. The van der Waals surface area contributed by atoms with Gasteiger partial charge in [0.05, 0.1) is 18.8 Å². The second-order valence-corrected chi connectivity index (χ2v) is 5.94. The van der Waals surface area contributed by atoms with Gasteiger partial charge < -0.3 is 9.47 Å². The number of rotatable bonds is 5. The molecule has 0 saturated heterocycles. The van der Waals surface area contributed by atoms with E-state index in [1.807, 2.05) is 0 Å². The number of hydrazine groups is 1. The van der Waals surface area contributed by atoms with Gasteiger partial charge in [0.2, 0.25) is 0 Å². The highest BCUT2D eigenvalue weighted by Gasteiger charge is 2.43. The van der Waals surface area contributed by atoms with Crippen molar-refractivity contribution in [2.24, 2.45) is 11.8 Å². The van der Waals surface area contributed by atoms with Gasteiger partial charge in [-0.1, -0.05) is 13.0 Å². The molecule has 118 valence electrons. The molecule has 0 aromatic heterocycles. The average Bonchev–Trinajstić information content (AvgIpc) is 2.51. The number of hydrogen-bond donors (Lipinski definition) is 2. The minimum atomic E-state index is -0.462. The highest BCUT2D eigenvalue weighted by Crippen LogP contribution is 2.43. The second kappa shape index (κ2) is 6.73. The van der Waals surface area contributed by atoms with Gasteiger partial charge >= 0.3 is 0 Å². The van der Waals surface area contributed by atoms with Crippen LogP contribution in [0.5, 0.6) is 5.75 Å². The summed E-state index contributed by atoms with van der Waals surface area (Å²) in [6.45, 7) is 2.23. The number of benzene rings is 1. The summed E-state index contributed by atoms with van der Waals surface area (Å²) in [6, 6.07) is 4.48. The van der Waals surface area contributed by atoms with Crippen molar-refractivity contribution in [2.45, 2.75) is 44.2 Å². The zero-order valence-corrected chi connectivity index (χ0v) is 13.0. The highest BCUT2D eigenvalue weighted by atomic mass is 19.1. The maximum absolute atomic E-state index is 14.4. The van der Waals surface area contributed by atoms with Crippen molar-refractivity contribution in [3.05, 3.63) is 29.6 Å². The van der Waals surface area contributed by atoms with E-state index in [0.29, 0.717) is 17.2 Å². The lowest BCUT2D eigenvalue weighted by Crippen LogP contribution is -2.50. The van der Waals surface area contributed by atoms with Crippen LogP contribution in [0.1, 0.15) is 44.2 Å². The van der Waals surface area contributed by atoms with E-state index in [2.05, 4.69) is 12.3 Å². The van der Waals surface area contributed by atoms with Crippen LogP contribution in [0, 0.1) is 11.7 Å². The molecule has 1 aliphatic rings. The Bertz CT molecular complexity index is 473. The van der Waals surface area contributed by atoms with Crippen molar-refractivity contribution in [3.63, 3.8) is 0 Å². The van der Waals surface area contributed by atoms with Gasteiger partial charge in [0.15, 0.2) is 0 Å². The molecular weight excluding hydrogens is 271 g/mol. The van der Waals surface area contributed by atoms with Crippen LogP contribution >= 0.6 is 0 Å². The first-order chi connectivity index (χ1) is 10.1. The molecule has 0 spiro atoms. The Morgan fingerprint density at radius 1 is 1.33 bits per heavy atom. The zero-order valence-electron chi connectivity index (χ0n) is 13.0. The highest BCUT2D eigenvalue weighted by molar-refractivity contribution is 5.32. The number of halogens is 1. The Balaban J connectivity index is 2.33. The van der Waals surface area contributed by atoms with Crippen LogP contribution in [0.2, 0.25) is 0 Å². The number of nitrogens with one attached hydrogen (secondary N) is 1. The Labute approximate surface area is 125 Å². The minimum absolute atomic E-state index is 0.327. The molecule has 1 saturated carbocycles. The first-order valence-electron chi connectivity index (χ1n) is 7.41. The zero-order chi connectivity index (χ0) is 15.5. The average molecular weight is 296 g/mol. The number of methoxy groups -OCH3 is 2. The molecule has 0 radical (unpaired) electrons. The van der Waals surface area contributed by atoms with E-state index >= 15 is 0 Å². The van der Waals surface area contributed by atoms with Crippen molar-refractivity contribution >= 4 is 0 Å². The summed E-state index contributed by atoms with van der Waals surface area (Å²) < 4.78 is 25.2. The SMILES string of the molecule is COc1ccc(C(NN)C2(OC)CCC(C)CC2)c(F)c1. The van der Waals surface area contributed by atoms with E-state index in [-0.39, 0.29) is 11.9 Å². The van der Waals surface area contributed by atoms with Crippen LogP contribution in [0.4, 0.5) is 4.39 Å². The van der Waals surface area contributed by atoms with Gasteiger partial charge in [-0.2, -0.15) is 0 Å². The lowest BCUT2D eigenvalue weighted by molar-refractivity contribution is -0.0768. The molecule has 0 aliphatic heterocycles. The summed E-state index contributed by atoms with van der Waals surface area (Å²) in [5.74, 6) is 6.59. The fourth-order valence-corrected chi connectivity index (χ4v) is 3.26. The Morgan fingerprint density at radius 2 is 2.00 bits per heavy atom. The van der Waals surface area contributed by atoms with E-state index in [4.69, 9.17) is 15.3 Å². The largest absolute Gasteiger partial charge is 0.497 e. The molecule has 1 aromatic carbocycles. The van der Waals surface area contributed by atoms with Gasteiger partial charge in [-0.05, 0) is 37.7 Å². The lowest BCUT2D eigenvalue weighted by Gasteiger charge is -2.44. The monoisotopic (exact) mass is 296 g/mol. The van der Waals surface area contributed by atoms with Crippen LogP contribution in [0.3, 0.4) is 0 Å². The third kappa shape index (κ3) is 3.20. The minimum Gasteiger partial charge on any atom is -0.497 e. The van der Waals surface area contributed by atoms with Gasteiger partial charge in [-0.25, -0.2) is 9.82 Å². The van der Waals surface area contributed by atoms with Crippen molar-refractivity contribution < 1.29 is 13.9 Å². The number of hydrogen-bond acceptors (Lipinski definition) is 4. The third-order valence-electron chi connectivity index (χ3n) is 4.74. The first kappa shape index (κ1) is 16.2. The van der Waals surface area contributed by atoms with E-state index in [0.717, 1.165) is 25.7 Å². The fourth-order valence-electron chi connectivity index (χ4n) is 3.26. The van der Waals surface area contributed by atoms with E-state index in [9.17, 15) is 4.39 Å². The van der Waals surface area contributed by atoms with E-state index < -0.39 is 5.60 Å². The molecule has 5 heteroatoms. The summed E-state index contributed by atoms with van der Waals surface area (Å²) in [5, 5.41) is 0. The van der Waals surface area contributed by atoms with Crippen molar-refractivity contribution in [3.8, 4) is 5.75 Å². The van der Waals surface area contributed by atoms with Gasteiger partial charge in [0, 0.05) is 18.7 Å². The number of ether oxygens (including phenoxy) is 2. The Morgan fingerprint density at radius 3 is 2.48 bits per heavy atom. The summed E-state index contributed by atoms with van der Waals surface area (Å²) in [7, 11) is 3.20. The Kier molecular flexibility index (Phi) is 5.19. The van der Waals surface area contributed by atoms with Gasteiger partial charge in [0.25, 0.3) is 0 Å². The molecule has 1 aromatic rings. The quantitative estimate of drug-likeness (QED) is 0.648. The summed E-state index contributed by atoms with van der Waals surface area (Å²) in [4.78, 5) is 0. The van der Waals surface area contributed by atoms with Crippen LogP contribution < -0.4 is 16.0 Å². The predicted octanol–water partition coefficient (Wildman–Crippen LogP) is 2.93. The molecule has 2 rings (SSSR count). The van der Waals surface area contributed by atoms with Crippen molar-refractivity contribution in [1.82, 2.24) is 5.43 Å². The van der Waals surface area contributed by atoms with Crippen LogP contribution in [0.25, 0.3) is 0 Å². The normalized spacial score (nSPS) is 27.4. The van der Waals surface area contributed by atoms with Gasteiger partial charge in [-0.3, -0.25) is 5.84 Å². The second-order valence-electron chi connectivity index (χ2n) is 5.94. The molecule has 4 nitrogen and oxygen atoms in total. The fraction of sp³-hybridized carbons (Fsp3) is 0.625. The molecule has 1 fully saturated rings. The van der Waals surface area contributed by atoms with Gasteiger partial charge in [-0.15, -0.1) is 0 Å². The van der Waals surface area contributed by atoms with Crippen LogP contribution in [-0.4, -0.2) is 19.8 Å². The standard InChI is InChI=1S/C16H25FN2O2/c1-11-6-8-16(21-3,9-7-11)15(19-18)13-5-4-12(20-2)10-14(13)17/h4-5,10-11,15,19H,6-9,18H2,1-3H3. The third-order valence-corrected chi connectivity index (χ3v) is 4.74. The molecule has 0 heterocycles. The molecule has 1 unspecified atom stereocenters. The van der Waals surface area contributed by atoms with E-state index in [1.54, 1.807) is 19.2 Å².